The van der Waals surface area contributed by atoms with E-state index in [-0.39, 0.29) is 5.82 Å². The molecule has 1 aromatic heterocycles. The van der Waals surface area contributed by atoms with Crippen LogP contribution >= 0.6 is 0 Å². The second-order valence-corrected chi connectivity index (χ2v) is 5.87. The molecule has 6 heteroatoms. The molecule has 3 aromatic rings. The Labute approximate surface area is 163 Å². The Kier molecular flexibility index (Phi) is 6.11. The van der Waals surface area contributed by atoms with E-state index in [0.717, 1.165) is 16.8 Å². The molecule has 0 spiro atoms. The van der Waals surface area contributed by atoms with Crippen LogP contribution < -0.4 is 19.5 Å². The van der Waals surface area contributed by atoms with Gasteiger partial charge in [-0.25, -0.2) is 9.37 Å². The lowest BCUT2D eigenvalue weighted by molar-refractivity contribution is 0.324. The van der Waals surface area contributed by atoms with Gasteiger partial charge in [-0.15, -0.1) is 0 Å². The third kappa shape index (κ3) is 4.40. The Morgan fingerprint density at radius 3 is 2.18 bits per heavy atom. The summed E-state index contributed by atoms with van der Waals surface area (Å²) in [5.41, 5.74) is 2.51. The monoisotopic (exact) mass is 380 g/mol. The van der Waals surface area contributed by atoms with Gasteiger partial charge in [0.1, 0.15) is 11.6 Å². The molecule has 144 valence electrons. The van der Waals surface area contributed by atoms with Gasteiger partial charge in [0.05, 0.1) is 21.3 Å². The predicted molar refractivity (Wildman–Crippen MR) is 109 cm³/mol. The van der Waals surface area contributed by atoms with Gasteiger partial charge in [-0.2, -0.15) is 0 Å². The molecule has 2 aromatic carbocycles. The number of hydrogen-bond acceptors (Lipinski definition) is 5. The van der Waals surface area contributed by atoms with Crippen molar-refractivity contribution in [3.8, 4) is 17.2 Å². The Morgan fingerprint density at radius 1 is 0.893 bits per heavy atom. The summed E-state index contributed by atoms with van der Waals surface area (Å²) in [6.07, 6.45) is 5.56. The standard InChI is InChI=1S/C22H21FN2O3/c1-26-19-13-15(14-20(27-2)21(19)28-3)6-7-16-5-4-12-24-22(16)25-18-10-8-17(23)9-11-18/h4-14H,1-3H3,(H,24,25)/b7-6+. The smallest absolute Gasteiger partial charge is 0.203 e. The molecular weight excluding hydrogens is 359 g/mol. The summed E-state index contributed by atoms with van der Waals surface area (Å²) in [5.74, 6) is 2.09. The van der Waals surface area contributed by atoms with Crippen LogP contribution in [0.4, 0.5) is 15.9 Å². The van der Waals surface area contributed by atoms with E-state index >= 15 is 0 Å². The van der Waals surface area contributed by atoms with Gasteiger partial charge < -0.3 is 19.5 Å². The van der Waals surface area contributed by atoms with Gasteiger partial charge >= 0.3 is 0 Å². The van der Waals surface area contributed by atoms with Crippen LogP contribution in [-0.2, 0) is 0 Å². The fourth-order valence-corrected chi connectivity index (χ4v) is 2.71. The first-order valence-electron chi connectivity index (χ1n) is 8.60. The van der Waals surface area contributed by atoms with Crippen molar-refractivity contribution in [1.82, 2.24) is 4.98 Å². The number of nitrogens with zero attached hydrogens (tertiary/aromatic N) is 1. The molecule has 0 radical (unpaired) electrons. The first kappa shape index (κ1) is 19.2. The number of pyridine rings is 1. The third-order valence-electron chi connectivity index (χ3n) is 4.09. The number of halogens is 1. The highest BCUT2D eigenvalue weighted by atomic mass is 19.1. The van der Waals surface area contributed by atoms with Crippen molar-refractivity contribution in [3.63, 3.8) is 0 Å². The van der Waals surface area contributed by atoms with Crippen molar-refractivity contribution in [2.45, 2.75) is 0 Å². The van der Waals surface area contributed by atoms with E-state index in [1.807, 2.05) is 36.4 Å². The molecule has 0 aliphatic heterocycles. The zero-order chi connectivity index (χ0) is 19.9. The lowest BCUT2D eigenvalue weighted by Gasteiger charge is -2.13. The quantitative estimate of drug-likeness (QED) is 0.614. The van der Waals surface area contributed by atoms with E-state index in [1.54, 1.807) is 39.7 Å². The molecule has 5 nitrogen and oxygen atoms in total. The normalized spacial score (nSPS) is 10.7. The van der Waals surface area contributed by atoms with E-state index in [1.165, 1.54) is 12.1 Å². The highest BCUT2D eigenvalue weighted by Gasteiger charge is 2.12. The van der Waals surface area contributed by atoms with Crippen LogP contribution in [0.5, 0.6) is 17.2 Å². The fraction of sp³-hybridized carbons (Fsp3) is 0.136. The highest BCUT2D eigenvalue weighted by Crippen LogP contribution is 2.38. The molecule has 0 saturated carbocycles. The SMILES string of the molecule is COc1cc(/C=C/c2cccnc2Nc2ccc(F)cc2)cc(OC)c1OC. The number of ether oxygens (including phenoxy) is 3. The molecule has 1 N–H and O–H groups in total. The van der Waals surface area contributed by atoms with Gasteiger partial charge in [-0.3, -0.25) is 0 Å². The minimum absolute atomic E-state index is 0.283. The number of hydrogen-bond donors (Lipinski definition) is 1. The fourth-order valence-electron chi connectivity index (χ4n) is 2.71. The maximum Gasteiger partial charge on any atom is 0.203 e. The van der Waals surface area contributed by atoms with E-state index in [2.05, 4.69) is 10.3 Å². The zero-order valence-electron chi connectivity index (χ0n) is 15.9. The minimum atomic E-state index is -0.283. The highest BCUT2D eigenvalue weighted by molar-refractivity contribution is 5.78. The second kappa shape index (κ2) is 8.90. The minimum Gasteiger partial charge on any atom is -0.493 e. The summed E-state index contributed by atoms with van der Waals surface area (Å²) in [5, 5.41) is 3.20. The van der Waals surface area contributed by atoms with Gasteiger partial charge in [-0.05, 0) is 54.1 Å². The molecule has 0 bridgehead atoms. The van der Waals surface area contributed by atoms with E-state index in [0.29, 0.717) is 23.1 Å². The Bertz CT molecular complexity index is 947. The first-order chi connectivity index (χ1) is 13.6. The Morgan fingerprint density at radius 2 is 1.57 bits per heavy atom. The molecule has 0 saturated heterocycles. The summed E-state index contributed by atoms with van der Waals surface area (Å²) in [6, 6.07) is 13.6. The van der Waals surface area contributed by atoms with Gasteiger partial charge in [0.25, 0.3) is 0 Å². The lowest BCUT2D eigenvalue weighted by Crippen LogP contribution is -1.96. The molecular formula is C22H21FN2O3. The molecule has 0 aliphatic carbocycles. The molecule has 0 aliphatic rings. The summed E-state index contributed by atoms with van der Waals surface area (Å²) >= 11 is 0. The van der Waals surface area contributed by atoms with Crippen molar-refractivity contribution in [1.29, 1.82) is 0 Å². The van der Waals surface area contributed by atoms with Crippen molar-refractivity contribution in [3.05, 3.63) is 71.7 Å². The number of rotatable bonds is 7. The van der Waals surface area contributed by atoms with E-state index in [4.69, 9.17) is 14.2 Å². The van der Waals surface area contributed by atoms with E-state index < -0.39 is 0 Å². The van der Waals surface area contributed by atoms with Crippen LogP contribution in [0, 0.1) is 5.82 Å². The number of methoxy groups -OCH3 is 3. The van der Waals surface area contributed by atoms with Crippen molar-refractivity contribution < 1.29 is 18.6 Å². The molecule has 28 heavy (non-hydrogen) atoms. The van der Waals surface area contributed by atoms with Gasteiger partial charge in [-0.1, -0.05) is 12.2 Å². The van der Waals surface area contributed by atoms with Crippen molar-refractivity contribution in [2.24, 2.45) is 0 Å². The predicted octanol–water partition coefficient (Wildman–Crippen LogP) is 5.16. The van der Waals surface area contributed by atoms with Gasteiger partial charge in [0, 0.05) is 17.4 Å². The molecule has 0 fully saturated rings. The lowest BCUT2D eigenvalue weighted by atomic mass is 10.1. The average Bonchev–Trinajstić information content (AvgIpc) is 2.73. The number of aromatic nitrogens is 1. The molecule has 3 rings (SSSR count). The Hall–Kier alpha value is -3.54. The van der Waals surface area contributed by atoms with Crippen LogP contribution in [0.1, 0.15) is 11.1 Å². The number of benzene rings is 2. The largest absolute Gasteiger partial charge is 0.493 e. The summed E-state index contributed by atoms with van der Waals surface area (Å²) < 4.78 is 29.2. The molecule has 0 amide bonds. The summed E-state index contributed by atoms with van der Waals surface area (Å²) in [4.78, 5) is 4.38. The maximum atomic E-state index is 13.1. The van der Waals surface area contributed by atoms with Crippen LogP contribution in [0.2, 0.25) is 0 Å². The Balaban J connectivity index is 1.89. The molecule has 1 heterocycles. The summed E-state index contributed by atoms with van der Waals surface area (Å²) in [6.45, 7) is 0. The van der Waals surface area contributed by atoms with E-state index in [9.17, 15) is 4.39 Å². The van der Waals surface area contributed by atoms with Crippen LogP contribution in [-0.4, -0.2) is 26.3 Å². The van der Waals surface area contributed by atoms with Gasteiger partial charge in [0.15, 0.2) is 11.5 Å². The number of anilines is 2. The number of nitrogens with one attached hydrogen (secondary N) is 1. The molecule has 0 unspecified atom stereocenters. The zero-order valence-corrected chi connectivity index (χ0v) is 15.9. The average molecular weight is 380 g/mol. The first-order valence-corrected chi connectivity index (χ1v) is 8.60. The summed E-state index contributed by atoms with van der Waals surface area (Å²) in [7, 11) is 4.73. The third-order valence-corrected chi connectivity index (χ3v) is 4.09. The molecule has 0 atom stereocenters. The van der Waals surface area contributed by atoms with Crippen LogP contribution in [0.25, 0.3) is 12.2 Å². The van der Waals surface area contributed by atoms with Crippen molar-refractivity contribution >= 4 is 23.7 Å². The van der Waals surface area contributed by atoms with Crippen LogP contribution in [0.15, 0.2) is 54.7 Å². The van der Waals surface area contributed by atoms with Crippen LogP contribution in [0.3, 0.4) is 0 Å². The van der Waals surface area contributed by atoms with Gasteiger partial charge in [0.2, 0.25) is 5.75 Å². The topological polar surface area (TPSA) is 52.6 Å². The van der Waals surface area contributed by atoms with Crippen molar-refractivity contribution in [2.75, 3.05) is 26.6 Å². The second-order valence-electron chi connectivity index (χ2n) is 5.87. The maximum absolute atomic E-state index is 13.1.